The SMILES string of the molecule is CC1=C(c2ccccc2)N(Cc2ccc(C(=O)O)cc2)C(=O)/C1=C(/NC=O)c1ccccc1. The predicted molar refractivity (Wildman–Crippen MR) is 126 cm³/mol. The number of carbonyl (C=O) groups is 3. The molecule has 2 amide bonds. The lowest BCUT2D eigenvalue weighted by Gasteiger charge is -2.21. The maximum Gasteiger partial charge on any atom is 0.335 e. The average molecular weight is 438 g/mol. The first-order valence-electron chi connectivity index (χ1n) is 10.4. The molecule has 0 fully saturated rings. The molecule has 164 valence electrons. The summed E-state index contributed by atoms with van der Waals surface area (Å²) >= 11 is 0. The van der Waals surface area contributed by atoms with Gasteiger partial charge in [0.25, 0.3) is 5.91 Å². The molecular weight excluding hydrogens is 416 g/mol. The van der Waals surface area contributed by atoms with E-state index in [1.807, 2.05) is 67.6 Å². The largest absolute Gasteiger partial charge is 0.478 e. The van der Waals surface area contributed by atoms with Crippen molar-refractivity contribution in [3.05, 3.63) is 118 Å². The third-order valence-corrected chi connectivity index (χ3v) is 5.56. The van der Waals surface area contributed by atoms with Crippen molar-refractivity contribution in [3.8, 4) is 0 Å². The smallest absolute Gasteiger partial charge is 0.335 e. The first kappa shape index (κ1) is 21.8. The summed E-state index contributed by atoms with van der Waals surface area (Å²) in [6.45, 7) is 2.13. The summed E-state index contributed by atoms with van der Waals surface area (Å²) in [5, 5.41) is 11.9. The third kappa shape index (κ3) is 4.32. The fraction of sp³-hybridized carbons (Fsp3) is 0.0741. The van der Waals surface area contributed by atoms with Gasteiger partial charge in [-0.25, -0.2) is 4.79 Å². The fourth-order valence-corrected chi connectivity index (χ4v) is 4.03. The van der Waals surface area contributed by atoms with Crippen molar-refractivity contribution in [3.63, 3.8) is 0 Å². The maximum atomic E-state index is 13.7. The highest BCUT2D eigenvalue weighted by molar-refractivity contribution is 6.15. The van der Waals surface area contributed by atoms with E-state index in [0.29, 0.717) is 17.7 Å². The summed E-state index contributed by atoms with van der Waals surface area (Å²) in [6.07, 6.45) is 0.575. The molecule has 4 rings (SSSR count). The number of carboxylic acids is 1. The molecule has 1 aliphatic heterocycles. The molecule has 3 aromatic rings. The molecule has 6 heteroatoms. The molecule has 0 spiro atoms. The van der Waals surface area contributed by atoms with E-state index in [0.717, 1.165) is 28.0 Å². The number of hydrogen-bond acceptors (Lipinski definition) is 3. The standard InChI is InChI=1S/C27H22N2O4/c1-18-23(24(28-17-30)20-8-4-2-5-9-20)26(31)29(25(18)21-10-6-3-7-11-21)16-19-12-14-22(15-13-19)27(32)33/h2-15,17H,16H2,1H3,(H,28,30)(H,32,33)/b24-23+. The highest BCUT2D eigenvalue weighted by Gasteiger charge is 2.36. The third-order valence-electron chi connectivity index (χ3n) is 5.56. The molecule has 3 aromatic carbocycles. The van der Waals surface area contributed by atoms with Crippen molar-refractivity contribution in [1.29, 1.82) is 0 Å². The summed E-state index contributed by atoms with van der Waals surface area (Å²) in [4.78, 5) is 38.0. The van der Waals surface area contributed by atoms with Crippen molar-refractivity contribution in [2.24, 2.45) is 0 Å². The molecule has 2 N–H and O–H groups in total. The Balaban J connectivity index is 1.85. The van der Waals surface area contributed by atoms with Crippen molar-refractivity contribution < 1.29 is 19.5 Å². The Morgan fingerprint density at radius 2 is 1.52 bits per heavy atom. The first-order valence-corrected chi connectivity index (χ1v) is 10.4. The Morgan fingerprint density at radius 1 is 0.909 bits per heavy atom. The Morgan fingerprint density at radius 3 is 2.09 bits per heavy atom. The monoisotopic (exact) mass is 438 g/mol. The number of carboxylic acid groups (broad SMARTS) is 1. The van der Waals surface area contributed by atoms with E-state index in [1.54, 1.807) is 17.0 Å². The Hall–Kier alpha value is -4.45. The molecule has 1 aliphatic rings. The van der Waals surface area contributed by atoms with Crippen LogP contribution in [0.4, 0.5) is 0 Å². The van der Waals surface area contributed by atoms with Crippen LogP contribution in [0.3, 0.4) is 0 Å². The van der Waals surface area contributed by atoms with Crippen LogP contribution >= 0.6 is 0 Å². The number of amides is 2. The van der Waals surface area contributed by atoms with Crippen LogP contribution in [-0.4, -0.2) is 28.3 Å². The maximum absolute atomic E-state index is 13.7. The number of benzene rings is 3. The fourth-order valence-electron chi connectivity index (χ4n) is 4.03. The van der Waals surface area contributed by atoms with E-state index in [9.17, 15) is 14.4 Å². The van der Waals surface area contributed by atoms with Gasteiger partial charge in [0, 0.05) is 0 Å². The summed E-state index contributed by atoms with van der Waals surface area (Å²) in [5.74, 6) is -1.24. The minimum atomic E-state index is -1.00. The highest BCUT2D eigenvalue weighted by atomic mass is 16.4. The molecule has 6 nitrogen and oxygen atoms in total. The molecule has 0 aromatic heterocycles. The first-order chi connectivity index (χ1) is 16.0. The summed E-state index contributed by atoms with van der Waals surface area (Å²) in [5.41, 5.74) is 4.95. The molecule has 0 aliphatic carbocycles. The molecule has 0 unspecified atom stereocenters. The Bertz CT molecular complexity index is 1260. The highest BCUT2D eigenvalue weighted by Crippen LogP contribution is 2.39. The van der Waals surface area contributed by atoms with Crippen LogP contribution in [-0.2, 0) is 16.1 Å². The molecule has 0 radical (unpaired) electrons. The molecule has 0 saturated heterocycles. The lowest BCUT2D eigenvalue weighted by Crippen LogP contribution is -2.26. The van der Waals surface area contributed by atoms with Gasteiger partial charge in [-0.1, -0.05) is 72.8 Å². The Labute approximate surface area is 191 Å². The van der Waals surface area contributed by atoms with Crippen molar-refractivity contribution in [2.45, 2.75) is 13.5 Å². The van der Waals surface area contributed by atoms with Crippen LogP contribution < -0.4 is 5.32 Å². The molecule has 33 heavy (non-hydrogen) atoms. The predicted octanol–water partition coefficient (Wildman–Crippen LogP) is 4.32. The number of hydrogen-bond donors (Lipinski definition) is 2. The van der Waals surface area contributed by atoms with E-state index >= 15 is 0 Å². The van der Waals surface area contributed by atoms with Gasteiger partial charge in [-0.3, -0.25) is 9.59 Å². The second-order valence-electron chi connectivity index (χ2n) is 7.61. The number of nitrogens with one attached hydrogen (secondary N) is 1. The molecule has 1 heterocycles. The van der Waals surface area contributed by atoms with Gasteiger partial charge in [0.2, 0.25) is 6.41 Å². The van der Waals surface area contributed by atoms with Crippen molar-refractivity contribution in [2.75, 3.05) is 0 Å². The van der Waals surface area contributed by atoms with Crippen LogP contribution in [0, 0.1) is 0 Å². The normalized spacial score (nSPS) is 14.9. The topological polar surface area (TPSA) is 86.7 Å². The molecule has 0 saturated carbocycles. The lowest BCUT2D eigenvalue weighted by molar-refractivity contribution is -0.123. The zero-order chi connectivity index (χ0) is 23.4. The van der Waals surface area contributed by atoms with E-state index in [-0.39, 0.29) is 18.0 Å². The van der Waals surface area contributed by atoms with Gasteiger partial charge in [0.15, 0.2) is 0 Å². The van der Waals surface area contributed by atoms with Gasteiger partial charge in [-0.15, -0.1) is 0 Å². The minimum Gasteiger partial charge on any atom is -0.478 e. The van der Waals surface area contributed by atoms with E-state index < -0.39 is 5.97 Å². The van der Waals surface area contributed by atoms with Gasteiger partial charge in [0.1, 0.15) is 0 Å². The van der Waals surface area contributed by atoms with E-state index in [2.05, 4.69) is 5.32 Å². The van der Waals surface area contributed by atoms with Crippen molar-refractivity contribution in [1.82, 2.24) is 10.2 Å². The minimum absolute atomic E-state index is 0.184. The summed E-state index contributed by atoms with van der Waals surface area (Å²) < 4.78 is 0. The zero-order valence-electron chi connectivity index (χ0n) is 18.0. The number of nitrogens with zero attached hydrogens (tertiary/aromatic N) is 1. The molecule has 0 atom stereocenters. The van der Waals surface area contributed by atoms with Gasteiger partial charge < -0.3 is 15.3 Å². The second-order valence-corrected chi connectivity index (χ2v) is 7.61. The summed E-state index contributed by atoms with van der Waals surface area (Å²) in [7, 11) is 0. The number of carbonyl (C=O) groups excluding carboxylic acids is 2. The van der Waals surface area contributed by atoms with Gasteiger partial charge in [-0.05, 0) is 41.3 Å². The lowest BCUT2D eigenvalue weighted by atomic mass is 9.99. The van der Waals surface area contributed by atoms with Gasteiger partial charge >= 0.3 is 5.97 Å². The second kappa shape index (κ2) is 9.36. The number of aromatic carboxylic acids is 1. The van der Waals surface area contributed by atoms with Crippen LogP contribution in [0.25, 0.3) is 11.4 Å². The van der Waals surface area contributed by atoms with E-state index in [4.69, 9.17) is 5.11 Å². The van der Waals surface area contributed by atoms with Crippen molar-refractivity contribution >= 4 is 29.7 Å². The quantitative estimate of drug-likeness (QED) is 0.425. The number of rotatable bonds is 7. The molecular formula is C27H22N2O4. The van der Waals surface area contributed by atoms with Crippen LogP contribution in [0.1, 0.15) is 34.0 Å². The van der Waals surface area contributed by atoms with Gasteiger partial charge in [-0.2, -0.15) is 0 Å². The van der Waals surface area contributed by atoms with E-state index in [1.165, 1.54) is 12.1 Å². The average Bonchev–Trinajstić information content (AvgIpc) is 3.08. The van der Waals surface area contributed by atoms with Crippen LogP contribution in [0.5, 0.6) is 0 Å². The Kier molecular flexibility index (Phi) is 6.17. The summed E-state index contributed by atoms with van der Waals surface area (Å²) in [6, 6.07) is 25.3. The zero-order valence-corrected chi connectivity index (χ0v) is 18.0. The van der Waals surface area contributed by atoms with Crippen LogP contribution in [0.2, 0.25) is 0 Å². The van der Waals surface area contributed by atoms with Crippen LogP contribution in [0.15, 0.2) is 96.1 Å². The molecule has 0 bridgehead atoms. The van der Waals surface area contributed by atoms with Gasteiger partial charge in [0.05, 0.1) is 29.1 Å².